The maximum absolute atomic E-state index is 10.7. The predicted molar refractivity (Wildman–Crippen MR) is 72.2 cm³/mol. The van der Waals surface area contributed by atoms with Crippen LogP contribution in [0.25, 0.3) is 0 Å². The van der Waals surface area contributed by atoms with E-state index in [1.165, 1.54) is 9.80 Å². The maximum Gasteiger partial charge on any atom is 0.521 e. The lowest BCUT2D eigenvalue weighted by Gasteiger charge is -2.14. The molecule has 0 aliphatic heterocycles. The van der Waals surface area contributed by atoms with Crippen molar-refractivity contribution in [2.75, 3.05) is 38.2 Å². The van der Waals surface area contributed by atoms with Crippen molar-refractivity contribution in [1.29, 1.82) is 0 Å². The van der Waals surface area contributed by atoms with Crippen LogP contribution < -0.4 is 0 Å². The topological polar surface area (TPSA) is 156 Å². The molecule has 0 radical (unpaired) electrons. The van der Waals surface area contributed by atoms with Crippen LogP contribution in [-0.4, -0.2) is 67.6 Å². The Morgan fingerprint density at radius 2 is 0.750 bits per heavy atom. The van der Waals surface area contributed by atoms with E-state index in [-0.39, 0.29) is 38.2 Å². The molecule has 114 valence electrons. The van der Waals surface area contributed by atoms with Crippen molar-refractivity contribution in [2.24, 2.45) is 0 Å². The van der Waals surface area contributed by atoms with Crippen molar-refractivity contribution in [1.82, 2.24) is 9.80 Å². The third-order valence-electron chi connectivity index (χ3n) is 2.02. The van der Waals surface area contributed by atoms with Gasteiger partial charge in [0.25, 0.3) is 0 Å². The largest absolute Gasteiger partial charge is 0.521 e. The molecule has 0 aromatic rings. The molecule has 0 aromatic carbocycles. The highest BCUT2D eigenvalue weighted by Gasteiger charge is 2.30. The Hall–Kier alpha value is 0.160. The Balaban J connectivity index is 4.49. The highest BCUT2D eigenvalue weighted by atomic mass is 31.1. The van der Waals surface area contributed by atoms with E-state index in [4.69, 9.17) is 19.6 Å². The Kier molecular flexibility index (Phi) is 10.9. The summed E-state index contributed by atoms with van der Waals surface area (Å²) < 4.78 is 42.9. The molecule has 0 saturated carbocycles. The average molecular weight is 368 g/mol. The molecule has 0 aromatic heterocycles. The van der Waals surface area contributed by atoms with Crippen LogP contribution in [0.5, 0.6) is 0 Å². The van der Waals surface area contributed by atoms with Gasteiger partial charge in [-0.3, -0.25) is 0 Å². The van der Waals surface area contributed by atoms with E-state index in [0.717, 1.165) is 0 Å². The molecule has 0 saturated heterocycles. The molecule has 0 bridgehead atoms. The van der Waals surface area contributed by atoms with Crippen LogP contribution in [-0.2, 0) is 18.3 Å². The molecular weight excluding hydrogens is 352 g/mol. The lowest BCUT2D eigenvalue weighted by atomic mass is 10.5. The van der Waals surface area contributed by atoms with Crippen LogP contribution in [0.15, 0.2) is 0 Å². The quantitative estimate of drug-likeness (QED) is 0.376. The molecule has 20 heavy (non-hydrogen) atoms. The highest BCUT2D eigenvalue weighted by Crippen LogP contribution is 2.24. The minimum absolute atomic E-state index is 0.0512. The number of hydrogen-bond donors (Lipinski definition) is 4. The van der Waals surface area contributed by atoms with Gasteiger partial charge in [0, 0.05) is 13.1 Å². The standard InChI is InChI=1S/C6H12N2O8P4/c9-17(10)3-7(4-18(11)12)1-2-8(5-19(13)14)6-20(15)16/h1-6H2/p+4. The molecule has 0 amide bonds. The molecule has 4 atom stereocenters. The van der Waals surface area contributed by atoms with Gasteiger partial charge in [0.2, 0.25) is 25.1 Å². The van der Waals surface area contributed by atoms with Crippen molar-refractivity contribution in [3.05, 3.63) is 0 Å². The van der Waals surface area contributed by atoms with Crippen molar-refractivity contribution in [3.8, 4) is 0 Å². The summed E-state index contributed by atoms with van der Waals surface area (Å²) in [5.74, 6) is 0. The first-order valence-electron chi connectivity index (χ1n) is 5.19. The second kappa shape index (κ2) is 10.8. The lowest BCUT2D eigenvalue weighted by Crippen LogP contribution is -2.34. The van der Waals surface area contributed by atoms with Gasteiger partial charge in [-0.25, -0.2) is 9.80 Å². The predicted octanol–water partition coefficient (Wildman–Crippen LogP) is 0.359. The summed E-state index contributed by atoms with van der Waals surface area (Å²) in [6, 6.07) is 0. The summed E-state index contributed by atoms with van der Waals surface area (Å²) >= 11 is 0. The third-order valence-corrected chi connectivity index (χ3v) is 4.58. The second-order valence-corrected chi connectivity index (χ2v) is 7.71. The molecule has 0 aliphatic carbocycles. The monoisotopic (exact) mass is 368 g/mol. The summed E-state index contributed by atoms with van der Waals surface area (Å²) in [4.78, 5) is 37.7. The third kappa shape index (κ3) is 11.9. The minimum atomic E-state index is -2.53. The van der Waals surface area contributed by atoms with E-state index in [9.17, 15) is 18.3 Å². The summed E-state index contributed by atoms with van der Waals surface area (Å²) in [6.45, 7) is 0.102. The van der Waals surface area contributed by atoms with Gasteiger partial charge in [-0.1, -0.05) is 0 Å². The van der Waals surface area contributed by atoms with E-state index >= 15 is 0 Å². The van der Waals surface area contributed by atoms with Crippen molar-refractivity contribution in [2.45, 2.75) is 0 Å². The number of hydrogen-bond acceptors (Lipinski definition) is 6. The SMILES string of the molecule is O=[P+](O)CN(CCN(C[P+](=O)O)C[P+](=O)O)C[P+](=O)O. The second-order valence-electron chi connectivity index (χ2n) is 3.76. The summed E-state index contributed by atoms with van der Waals surface area (Å²) in [5.41, 5.74) is 0. The van der Waals surface area contributed by atoms with Crippen LogP contribution in [0, 0.1) is 0 Å². The van der Waals surface area contributed by atoms with Gasteiger partial charge in [0.1, 0.15) is 0 Å². The number of rotatable bonds is 11. The minimum Gasteiger partial charge on any atom is -0.214 e. The highest BCUT2D eigenvalue weighted by molar-refractivity contribution is 7.39. The fourth-order valence-corrected chi connectivity index (χ4v) is 3.99. The Morgan fingerprint density at radius 1 is 0.550 bits per heavy atom. The first-order valence-corrected chi connectivity index (χ1v) is 10.8. The van der Waals surface area contributed by atoms with E-state index in [2.05, 4.69) is 0 Å². The molecule has 0 rings (SSSR count). The van der Waals surface area contributed by atoms with Crippen LogP contribution >= 0.6 is 32.1 Å². The Morgan fingerprint density at radius 3 is 0.900 bits per heavy atom. The first-order chi connectivity index (χ1) is 9.20. The van der Waals surface area contributed by atoms with Crippen molar-refractivity contribution < 1.29 is 37.8 Å². The van der Waals surface area contributed by atoms with Gasteiger partial charge in [-0.15, -0.1) is 0 Å². The molecule has 14 heteroatoms. The summed E-state index contributed by atoms with van der Waals surface area (Å²) in [5, 5.41) is 0. The maximum atomic E-state index is 10.7. The smallest absolute Gasteiger partial charge is 0.214 e. The van der Waals surface area contributed by atoms with Gasteiger partial charge >= 0.3 is 32.1 Å². The van der Waals surface area contributed by atoms with Crippen molar-refractivity contribution in [3.63, 3.8) is 0 Å². The molecule has 10 nitrogen and oxygen atoms in total. The molecular formula is C6H16N2O8P4+4. The number of nitrogens with zero attached hydrogens (tertiary/aromatic N) is 2. The fraction of sp³-hybridized carbons (Fsp3) is 1.00. The van der Waals surface area contributed by atoms with Crippen LogP contribution in [0.2, 0.25) is 0 Å². The zero-order valence-electron chi connectivity index (χ0n) is 10.3. The van der Waals surface area contributed by atoms with Crippen molar-refractivity contribution >= 4 is 32.1 Å². The van der Waals surface area contributed by atoms with Gasteiger partial charge in [0.15, 0.2) is 0 Å². The van der Waals surface area contributed by atoms with Gasteiger partial charge in [-0.2, -0.15) is 19.6 Å². The molecule has 0 spiro atoms. The van der Waals surface area contributed by atoms with E-state index < -0.39 is 32.1 Å². The molecule has 4 unspecified atom stereocenters. The Bertz CT molecular complexity index is 325. The van der Waals surface area contributed by atoms with E-state index in [0.29, 0.717) is 0 Å². The fourth-order valence-electron chi connectivity index (χ4n) is 1.34. The molecule has 4 N–H and O–H groups in total. The van der Waals surface area contributed by atoms with Gasteiger partial charge < -0.3 is 0 Å². The van der Waals surface area contributed by atoms with E-state index in [1.54, 1.807) is 0 Å². The molecule has 0 aliphatic rings. The normalized spacial score (nSPS) is 14.5. The van der Waals surface area contributed by atoms with Gasteiger partial charge in [0.05, 0.1) is 0 Å². The van der Waals surface area contributed by atoms with Crippen LogP contribution in [0.1, 0.15) is 0 Å². The zero-order chi connectivity index (χ0) is 15.7. The summed E-state index contributed by atoms with van der Waals surface area (Å²) in [6.07, 6.45) is -1.27. The lowest BCUT2D eigenvalue weighted by molar-refractivity contribution is 0.266. The Labute approximate surface area is 118 Å². The van der Waals surface area contributed by atoms with Crippen LogP contribution in [0.3, 0.4) is 0 Å². The summed E-state index contributed by atoms with van der Waals surface area (Å²) in [7, 11) is -10.1. The molecule has 0 heterocycles. The average Bonchev–Trinajstić information content (AvgIpc) is 2.22. The molecule has 0 fully saturated rings. The first kappa shape index (κ1) is 20.2. The van der Waals surface area contributed by atoms with E-state index in [1.807, 2.05) is 0 Å². The van der Waals surface area contributed by atoms with Gasteiger partial charge in [-0.05, 0) is 18.3 Å². The van der Waals surface area contributed by atoms with Crippen LogP contribution in [0.4, 0.5) is 0 Å². The zero-order valence-corrected chi connectivity index (χ0v) is 13.9.